The van der Waals surface area contributed by atoms with Crippen LogP contribution in [0, 0.1) is 22.7 Å². The van der Waals surface area contributed by atoms with E-state index in [0.717, 1.165) is 0 Å². The summed E-state index contributed by atoms with van der Waals surface area (Å²) in [4.78, 5) is 25.0. The van der Waals surface area contributed by atoms with Crippen molar-refractivity contribution in [1.29, 1.82) is 0 Å². The van der Waals surface area contributed by atoms with Crippen molar-refractivity contribution >= 4 is 11.8 Å². The van der Waals surface area contributed by atoms with E-state index in [9.17, 15) is 35.1 Å². The molecule has 2 saturated heterocycles. The van der Waals surface area contributed by atoms with Gasteiger partial charge in [0.2, 0.25) is 5.79 Å². The summed E-state index contributed by atoms with van der Waals surface area (Å²) >= 11 is 0. The highest BCUT2D eigenvalue weighted by molar-refractivity contribution is 5.96. The molecule has 0 unspecified atom stereocenters. The molecule has 0 aromatic carbocycles. The van der Waals surface area contributed by atoms with Gasteiger partial charge in [-0.05, 0) is 30.9 Å². The monoisotopic (exact) mass is 444 g/mol. The van der Waals surface area contributed by atoms with Gasteiger partial charge in [-0.2, -0.15) is 0 Å². The smallest absolute Gasteiger partial charge is 0.338 e. The van der Waals surface area contributed by atoms with Crippen molar-refractivity contribution in [2.24, 2.45) is 22.7 Å². The van der Waals surface area contributed by atoms with Crippen molar-refractivity contribution in [2.75, 3.05) is 6.61 Å². The molecule has 11 nitrogen and oxygen atoms in total. The first kappa shape index (κ1) is 24.0. The Kier molecular flexibility index (Phi) is 4.96. The van der Waals surface area contributed by atoms with E-state index >= 15 is 0 Å². The molecule has 1 spiro atoms. The van der Waals surface area contributed by atoms with E-state index in [1.807, 2.05) is 0 Å². The fraction of sp³-hybridized carbons (Fsp3) is 0.700. The average Bonchev–Trinajstić information content (AvgIpc) is 2.98. The van der Waals surface area contributed by atoms with Gasteiger partial charge < -0.3 is 46.0 Å². The second-order valence-corrected chi connectivity index (χ2v) is 9.38. The van der Waals surface area contributed by atoms with Crippen LogP contribution in [0.4, 0.5) is 0 Å². The lowest BCUT2D eigenvalue weighted by atomic mass is 9.37. The fourth-order valence-corrected chi connectivity index (χ4v) is 7.19. The minimum absolute atomic E-state index is 0. The normalized spacial score (nSPS) is 54.5. The molecule has 0 aromatic heterocycles. The van der Waals surface area contributed by atoms with E-state index in [0.29, 0.717) is 5.57 Å². The number of hydrogen-bond donors (Lipinski definition) is 5. The lowest BCUT2D eigenvalue weighted by molar-refractivity contribution is -0.337. The SMILES string of the molecule is C=C1[C@@H](O)[C@]2(O)OC[C@]34[C@H]2[C@@]2(C)[C@H](O)C(=O)C=C(C)[C@@H]2C[C@H]3OC(=O)[C@H](O)[C@@]14O.O.O. The molecule has 11 heteroatoms. The number of carbonyl (C=O) groups excluding carboxylic acids is 2. The molecule has 2 saturated carbocycles. The van der Waals surface area contributed by atoms with Crippen LogP contribution in [0.5, 0.6) is 0 Å². The summed E-state index contributed by atoms with van der Waals surface area (Å²) in [6.07, 6.45) is -5.01. The molecule has 4 fully saturated rings. The number of fused-ring (bicyclic) bond motifs is 1. The van der Waals surface area contributed by atoms with Crippen molar-refractivity contribution in [3.05, 3.63) is 23.8 Å². The Morgan fingerprint density at radius 2 is 1.71 bits per heavy atom. The van der Waals surface area contributed by atoms with Gasteiger partial charge in [0.15, 0.2) is 11.9 Å². The molecule has 174 valence electrons. The number of esters is 1. The molecule has 2 heterocycles. The molecule has 0 radical (unpaired) electrons. The predicted octanol–water partition coefficient (Wildman–Crippen LogP) is -3.48. The molecule has 2 aliphatic heterocycles. The maximum atomic E-state index is 12.5. The number of aliphatic hydroxyl groups excluding tert-OH is 3. The van der Waals surface area contributed by atoms with Gasteiger partial charge in [0.25, 0.3) is 0 Å². The van der Waals surface area contributed by atoms with Gasteiger partial charge in [0.05, 0.1) is 12.0 Å². The molecular weight excluding hydrogens is 416 g/mol. The summed E-state index contributed by atoms with van der Waals surface area (Å²) in [6.45, 7) is 6.62. The Morgan fingerprint density at radius 1 is 1.10 bits per heavy atom. The van der Waals surface area contributed by atoms with E-state index in [1.54, 1.807) is 13.8 Å². The summed E-state index contributed by atoms with van der Waals surface area (Å²) in [7, 11) is 0. The lowest BCUT2D eigenvalue weighted by Crippen LogP contribution is -2.82. The summed E-state index contributed by atoms with van der Waals surface area (Å²) in [6, 6.07) is 0. The third-order valence-electron chi connectivity index (χ3n) is 8.44. The van der Waals surface area contributed by atoms with Crippen molar-refractivity contribution in [1.82, 2.24) is 0 Å². The van der Waals surface area contributed by atoms with Gasteiger partial charge >= 0.3 is 5.97 Å². The van der Waals surface area contributed by atoms with Crippen LogP contribution in [-0.4, -0.2) is 90.6 Å². The predicted molar refractivity (Wildman–Crippen MR) is 101 cm³/mol. The number of allylic oxidation sites excluding steroid dienone is 1. The summed E-state index contributed by atoms with van der Waals surface area (Å²) < 4.78 is 11.1. The number of rotatable bonds is 0. The number of ketones is 1. The summed E-state index contributed by atoms with van der Waals surface area (Å²) in [5.41, 5.74) is -5.06. The lowest BCUT2D eigenvalue weighted by Gasteiger charge is -2.69. The third-order valence-corrected chi connectivity index (χ3v) is 8.44. The second kappa shape index (κ2) is 6.42. The van der Waals surface area contributed by atoms with E-state index in [1.165, 1.54) is 6.08 Å². The molecule has 31 heavy (non-hydrogen) atoms. The maximum Gasteiger partial charge on any atom is 0.338 e. The van der Waals surface area contributed by atoms with E-state index in [-0.39, 0.29) is 29.6 Å². The molecule has 0 amide bonds. The van der Waals surface area contributed by atoms with Gasteiger partial charge in [-0.1, -0.05) is 19.1 Å². The van der Waals surface area contributed by atoms with Crippen LogP contribution < -0.4 is 0 Å². The first-order valence-corrected chi connectivity index (χ1v) is 9.63. The Hall–Kier alpha value is -1.70. The fourth-order valence-electron chi connectivity index (χ4n) is 7.19. The van der Waals surface area contributed by atoms with Gasteiger partial charge in [0.1, 0.15) is 23.9 Å². The number of hydrogen-bond acceptors (Lipinski definition) is 9. The van der Waals surface area contributed by atoms with Crippen molar-refractivity contribution in [3.8, 4) is 0 Å². The second-order valence-electron chi connectivity index (χ2n) is 9.38. The van der Waals surface area contributed by atoms with Gasteiger partial charge in [0, 0.05) is 11.3 Å². The average molecular weight is 444 g/mol. The number of carbonyl (C=O) groups is 2. The zero-order valence-corrected chi connectivity index (χ0v) is 17.0. The standard InChI is InChI=1S/C20H24O9.2H2O/c1-7-4-10(21)13(23)17(3)9(7)5-11-18-6-28-20(27,16(17)18)12(22)8(2)19(18,26)14(24)15(25)29-11;;/h4,9,11-14,16,22-24,26-27H,2,5-6H2,1,3H3;2*1H2/t9-,11+,12+,13+,14-,16+,17+,18+,19-,20-;;/m0../s1. The zero-order chi connectivity index (χ0) is 21.3. The van der Waals surface area contributed by atoms with E-state index in [4.69, 9.17) is 9.47 Å². The number of ether oxygens (including phenoxy) is 2. The zero-order valence-electron chi connectivity index (χ0n) is 17.0. The highest BCUT2D eigenvalue weighted by Crippen LogP contribution is 2.74. The van der Waals surface area contributed by atoms with Crippen LogP contribution >= 0.6 is 0 Å². The Morgan fingerprint density at radius 3 is 2.32 bits per heavy atom. The van der Waals surface area contributed by atoms with Crippen LogP contribution in [0.2, 0.25) is 0 Å². The van der Waals surface area contributed by atoms with Crippen molar-refractivity contribution < 1.29 is 55.5 Å². The van der Waals surface area contributed by atoms with Crippen molar-refractivity contribution in [2.45, 2.75) is 56.1 Å². The van der Waals surface area contributed by atoms with Crippen LogP contribution in [-0.2, 0) is 19.1 Å². The molecule has 5 aliphatic rings. The van der Waals surface area contributed by atoms with Crippen LogP contribution in [0.15, 0.2) is 23.8 Å². The van der Waals surface area contributed by atoms with E-state index in [2.05, 4.69) is 6.58 Å². The summed E-state index contributed by atoms with van der Waals surface area (Å²) in [5.74, 6) is -5.66. The molecular formula is C20H28O11. The summed E-state index contributed by atoms with van der Waals surface area (Å²) in [5, 5.41) is 55.7. The molecule has 2 bridgehead atoms. The minimum Gasteiger partial charge on any atom is -0.460 e. The van der Waals surface area contributed by atoms with Gasteiger partial charge in [-0.15, -0.1) is 0 Å². The first-order valence-electron chi connectivity index (χ1n) is 9.63. The Labute approximate surface area is 177 Å². The number of aliphatic hydroxyl groups is 5. The molecule has 3 aliphatic carbocycles. The van der Waals surface area contributed by atoms with Crippen molar-refractivity contribution in [3.63, 3.8) is 0 Å². The Bertz CT molecular complexity index is 900. The third kappa shape index (κ3) is 2.11. The largest absolute Gasteiger partial charge is 0.460 e. The van der Waals surface area contributed by atoms with Gasteiger partial charge in [-0.25, -0.2) is 4.79 Å². The molecule has 9 N–H and O–H groups in total. The quantitative estimate of drug-likeness (QED) is 0.185. The Balaban J connectivity index is 0.00000136. The highest BCUT2D eigenvalue weighted by atomic mass is 16.7. The highest BCUT2D eigenvalue weighted by Gasteiger charge is 2.87. The molecule has 10 atom stereocenters. The van der Waals surface area contributed by atoms with E-state index < -0.39 is 70.2 Å². The molecule has 5 rings (SSSR count). The molecule has 0 aromatic rings. The van der Waals surface area contributed by atoms with Crippen LogP contribution in [0.1, 0.15) is 20.3 Å². The minimum atomic E-state index is -2.37. The topological polar surface area (TPSA) is 217 Å². The van der Waals surface area contributed by atoms with Crippen LogP contribution in [0.3, 0.4) is 0 Å². The first-order chi connectivity index (χ1) is 13.4. The maximum absolute atomic E-state index is 12.5. The van der Waals surface area contributed by atoms with Gasteiger partial charge in [-0.3, -0.25) is 4.79 Å². The van der Waals surface area contributed by atoms with Crippen LogP contribution in [0.25, 0.3) is 0 Å².